The Kier molecular flexibility index (Phi) is 4.78. The highest BCUT2D eigenvalue weighted by Gasteiger charge is 2.14. The molecule has 0 aliphatic rings. The van der Waals surface area contributed by atoms with E-state index in [9.17, 15) is 9.59 Å². The topological polar surface area (TPSA) is 94.3 Å². The maximum atomic E-state index is 12.4. The molecule has 2 aromatic carbocycles. The molecule has 0 aliphatic carbocycles. The number of rotatable bonds is 4. The summed E-state index contributed by atoms with van der Waals surface area (Å²) >= 11 is 0. The zero-order chi connectivity index (χ0) is 20.4. The van der Waals surface area contributed by atoms with Crippen molar-refractivity contribution in [2.24, 2.45) is 0 Å². The summed E-state index contributed by atoms with van der Waals surface area (Å²) in [5.41, 5.74) is 3.49. The van der Waals surface area contributed by atoms with E-state index in [4.69, 9.17) is 9.26 Å². The second kappa shape index (κ2) is 7.55. The van der Waals surface area contributed by atoms with Crippen molar-refractivity contribution >= 4 is 28.7 Å². The zero-order valence-electron chi connectivity index (χ0n) is 15.8. The number of carbonyl (C=O) groups excluding carboxylic acids is 2. The number of hydrogen-bond acceptors (Lipinski definition) is 6. The first-order valence-electron chi connectivity index (χ1n) is 8.92. The molecule has 0 saturated heterocycles. The predicted octanol–water partition coefficient (Wildman–Crippen LogP) is 4.31. The van der Waals surface area contributed by atoms with E-state index in [1.807, 2.05) is 25.1 Å². The minimum absolute atomic E-state index is 0.207. The van der Waals surface area contributed by atoms with Crippen molar-refractivity contribution in [1.82, 2.24) is 10.1 Å². The number of ether oxygens (including phenoxy) is 1. The number of pyridine rings is 1. The molecule has 4 aromatic rings. The summed E-state index contributed by atoms with van der Waals surface area (Å²) in [5.74, 6) is -0.399. The molecule has 7 heteroatoms. The number of anilines is 1. The summed E-state index contributed by atoms with van der Waals surface area (Å²) in [6.07, 6.45) is 1.38. The molecule has 2 aromatic heterocycles. The molecule has 0 unspecified atom stereocenters. The van der Waals surface area contributed by atoms with Gasteiger partial charge in [-0.1, -0.05) is 22.9 Å². The number of fused-ring (bicyclic) bond motifs is 1. The zero-order valence-corrected chi connectivity index (χ0v) is 15.8. The Morgan fingerprint density at radius 3 is 2.55 bits per heavy atom. The maximum absolute atomic E-state index is 12.4. The number of hydrogen-bond donors (Lipinski definition) is 1. The summed E-state index contributed by atoms with van der Waals surface area (Å²) in [4.78, 5) is 28.8. The van der Waals surface area contributed by atoms with Gasteiger partial charge < -0.3 is 14.6 Å². The highest BCUT2D eigenvalue weighted by atomic mass is 16.5. The Morgan fingerprint density at radius 1 is 1.00 bits per heavy atom. The van der Waals surface area contributed by atoms with Crippen molar-refractivity contribution in [2.45, 2.75) is 13.8 Å². The molecule has 144 valence electrons. The third-order valence-corrected chi connectivity index (χ3v) is 4.35. The molecule has 0 atom stereocenters. The van der Waals surface area contributed by atoms with Crippen molar-refractivity contribution < 1.29 is 18.8 Å². The van der Waals surface area contributed by atoms with Crippen LogP contribution < -0.4 is 10.1 Å². The molecule has 0 aliphatic heterocycles. The number of amides is 1. The van der Waals surface area contributed by atoms with Crippen LogP contribution in [0.5, 0.6) is 5.75 Å². The van der Waals surface area contributed by atoms with Crippen molar-refractivity contribution in [3.8, 4) is 5.75 Å². The van der Waals surface area contributed by atoms with Crippen LogP contribution in [0.25, 0.3) is 11.1 Å². The van der Waals surface area contributed by atoms with E-state index >= 15 is 0 Å². The Hall–Kier alpha value is -4.00. The number of aryl methyl sites for hydroxylation is 2. The summed E-state index contributed by atoms with van der Waals surface area (Å²) < 4.78 is 10.4. The second-order valence-electron chi connectivity index (χ2n) is 6.58. The third kappa shape index (κ3) is 3.98. The molecule has 0 saturated carbocycles. The fourth-order valence-corrected chi connectivity index (χ4v) is 2.82. The van der Waals surface area contributed by atoms with Crippen molar-refractivity contribution in [2.75, 3.05) is 5.32 Å². The minimum Gasteiger partial charge on any atom is -0.423 e. The lowest BCUT2D eigenvalue weighted by molar-refractivity contribution is 0.0734. The molecular formula is C22H17N3O4. The van der Waals surface area contributed by atoms with Gasteiger partial charge in [0.15, 0.2) is 0 Å². The molecule has 0 bridgehead atoms. The monoisotopic (exact) mass is 387 g/mol. The van der Waals surface area contributed by atoms with Gasteiger partial charge in [0, 0.05) is 17.4 Å². The lowest BCUT2D eigenvalue weighted by atomic mass is 10.1. The fourth-order valence-electron chi connectivity index (χ4n) is 2.82. The summed E-state index contributed by atoms with van der Waals surface area (Å²) in [6.45, 7) is 3.70. The van der Waals surface area contributed by atoms with Gasteiger partial charge in [-0.2, -0.15) is 0 Å². The molecule has 7 nitrogen and oxygen atoms in total. The molecule has 29 heavy (non-hydrogen) atoms. The molecule has 4 rings (SSSR count). The van der Waals surface area contributed by atoms with Gasteiger partial charge in [0.25, 0.3) is 11.6 Å². The Labute approximate surface area is 166 Å². The van der Waals surface area contributed by atoms with Crippen LogP contribution in [-0.4, -0.2) is 22.0 Å². The van der Waals surface area contributed by atoms with E-state index in [1.165, 1.54) is 6.20 Å². The maximum Gasteiger partial charge on any atom is 0.345 e. The van der Waals surface area contributed by atoms with Gasteiger partial charge in [0.2, 0.25) is 0 Å². The first kappa shape index (κ1) is 18.4. The lowest BCUT2D eigenvalue weighted by Gasteiger charge is -2.08. The SMILES string of the molecule is Cc1cccc(C(=O)Nc2ccc(OC(=O)c3cnc4onc(C)c4c3)cc2)c1. The summed E-state index contributed by atoms with van der Waals surface area (Å²) in [5, 5.41) is 7.29. The van der Waals surface area contributed by atoms with E-state index in [0.29, 0.717) is 39.4 Å². The van der Waals surface area contributed by atoms with Crippen LogP contribution in [0.4, 0.5) is 5.69 Å². The van der Waals surface area contributed by atoms with E-state index in [2.05, 4.69) is 15.5 Å². The minimum atomic E-state index is -0.545. The van der Waals surface area contributed by atoms with Gasteiger partial charge in [-0.15, -0.1) is 0 Å². The smallest absolute Gasteiger partial charge is 0.345 e. The van der Waals surface area contributed by atoms with Gasteiger partial charge in [0.05, 0.1) is 16.6 Å². The average molecular weight is 387 g/mol. The van der Waals surface area contributed by atoms with Gasteiger partial charge in [-0.25, -0.2) is 9.78 Å². The summed E-state index contributed by atoms with van der Waals surface area (Å²) in [7, 11) is 0. The van der Waals surface area contributed by atoms with E-state index in [0.717, 1.165) is 5.56 Å². The Morgan fingerprint density at radius 2 is 1.79 bits per heavy atom. The number of esters is 1. The van der Waals surface area contributed by atoms with Gasteiger partial charge in [0.1, 0.15) is 5.75 Å². The van der Waals surface area contributed by atoms with Crippen molar-refractivity contribution in [1.29, 1.82) is 0 Å². The summed E-state index contributed by atoms with van der Waals surface area (Å²) in [6, 6.07) is 15.5. The van der Waals surface area contributed by atoms with Crippen molar-refractivity contribution in [3.05, 3.63) is 83.2 Å². The first-order chi connectivity index (χ1) is 14.0. The Balaban J connectivity index is 1.44. The van der Waals surface area contributed by atoms with Crippen LogP contribution in [0.2, 0.25) is 0 Å². The van der Waals surface area contributed by atoms with Gasteiger partial charge in [-0.05, 0) is 56.3 Å². The third-order valence-electron chi connectivity index (χ3n) is 4.35. The Bertz CT molecular complexity index is 1210. The van der Waals surface area contributed by atoms with E-state index in [-0.39, 0.29) is 5.91 Å². The van der Waals surface area contributed by atoms with Crippen LogP contribution in [0, 0.1) is 13.8 Å². The molecule has 0 spiro atoms. The number of carbonyl (C=O) groups is 2. The predicted molar refractivity (Wildman–Crippen MR) is 107 cm³/mol. The molecule has 0 radical (unpaired) electrons. The lowest BCUT2D eigenvalue weighted by Crippen LogP contribution is -2.12. The normalized spacial score (nSPS) is 10.7. The average Bonchev–Trinajstić information content (AvgIpc) is 3.09. The number of benzene rings is 2. The molecule has 1 amide bonds. The van der Waals surface area contributed by atoms with Crippen LogP contribution in [0.1, 0.15) is 32.0 Å². The number of aromatic nitrogens is 2. The largest absolute Gasteiger partial charge is 0.423 e. The standard InChI is InChI=1S/C22H17N3O4/c1-13-4-3-5-15(10-13)20(26)24-17-6-8-18(9-7-17)28-22(27)16-11-19-14(2)25-29-21(19)23-12-16/h3-12H,1-2H3,(H,24,26). The fraction of sp³-hybridized carbons (Fsp3) is 0.0909. The van der Waals surface area contributed by atoms with Gasteiger partial charge >= 0.3 is 5.97 Å². The second-order valence-corrected chi connectivity index (χ2v) is 6.58. The molecule has 1 N–H and O–H groups in total. The van der Waals surface area contributed by atoms with Crippen molar-refractivity contribution in [3.63, 3.8) is 0 Å². The number of nitrogens with zero attached hydrogens (tertiary/aromatic N) is 2. The van der Waals surface area contributed by atoms with E-state index in [1.54, 1.807) is 43.3 Å². The molecule has 0 fully saturated rings. The number of nitrogens with one attached hydrogen (secondary N) is 1. The van der Waals surface area contributed by atoms with Crippen LogP contribution >= 0.6 is 0 Å². The van der Waals surface area contributed by atoms with E-state index < -0.39 is 5.97 Å². The van der Waals surface area contributed by atoms with Crippen LogP contribution in [-0.2, 0) is 0 Å². The molecular weight excluding hydrogens is 370 g/mol. The highest BCUT2D eigenvalue weighted by Crippen LogP contribution is 2.20. The first-order valence-corrected chi connectivity index (χ1v) is 8.92. The molecule has 2 heterocycles. The van der Waals surface area contributed by atoms with Crippen LogP contribution in [0.15, 0.2) is 65.3 Å². The van der Waals surface area contributed by atoms with Crippen LogP contribution in [0.3, 0.4) is 0 Å². The van der Waals surface area contributed by atoms with Gasteiger partial charge in [-0.3, -0.25) is 4.79 Å². The quantitative estimate of drug-likeness (QED) is 0.414. The highest BCUT2D eigenvalue weighted by molar-refractivity contribution is 6.04.